The number of aromatic amines is 1. The molecular weight excluding hydrogens is 326 g/mol. The third-order valence-electron chi connectivity index (χ3n) is 4.16. The van der Waals surface area contributed by atoms with Gasteiger partial charge in [0.2, 0.25) is 0 Å². The van der Waals surface area contributed by atoms with Crippen molar-refractivity contribution >= 4 is 23.1 Å². The highest BCUT2D eigenvalue weighted by molar-refractivity contribution is 6.33. The van der Waals surface area contributed by atoms with Gasteiger partial charge in [-0.15, -0.1) is 0 Å². The van der Waals surface area contributed by atoms with Gasteiger partial charge in [0.05, 0.1) is 5.02 Å². The summed E-state index contributed by atoms with van der Waals surface area (Å²) in [7, 11) is 0. The molecule has 0 bridgehead atoms. The van der Waals surface area contributed by atoms with Gasteiger partial charge < -0.3 is 15.6 Å². The summed E-state index contributed by atoms with van der Waals surface area (Å²) in [6.45, 7) is 1.95. The van der Waals surface area contributed by atoms with Gasteiger partial charge in [-0.25, -0.2) is 0 Å². The Kier molecular flexibility index (Phi) is 4.16. The van der Waals surface area contributed by atoms with Gasteiger partial charge in [0.1, 0.15) is 29.1 Å². The molecule has 0 atom stereocenters. The number of rotatable bonds is 2. The average molecular weight is 340 g/mol. The van der Waals surface area contributed by atoms with Crippen LogP contribution in [0.3, 0.4) is 0 Å². The maximum Gasteiger partial charge on any atom is 0.268 e. The molecular formula is C17H14ClN5O. The Labute approximate surface area is 143 Å². The van der Waals surface area contributed by atoms with E-state index in [-0.39, 0.29) is 22.5 Å². The van der Waals surface area contributed by atoms with Crippen LogP contribution in [0.5, 0.6) is 0 Å². The topological polar surface area (TPSA) is 110 Å². The number of hydrogen-bond donors (Lipinski definition) is 2. The normalized spacial score (nSPS) is 13.5. The van der Waals surface area contributed by atoms with Crippen LogP contribution in [-0.4, -0.2) is 18.1 Å². The predicted octanol–water partition coefficient (Wildman–Crippen LogP) is 2.62. The van der Waals surface area contributed by atoms with Crippen molar-refractivity contribution in [2.24, 2.45) is 0 Å². The fourth-order valence-electron chi connectivity index (χ4n) is 2.99. The summed E-state index contributed by atoms with van der Waals surface area (Å²) in [5.74, 6) is -0.0730. The Morgan fingerprint density at radius 3 is 2.42 bits per heavy atom. The van der Waals surface area contributed by atoms with E-state index in [1.165, 1.54) is 0 Å². The maximum atomic E-state index is 12.0. The van der Waals surface area contributed by atoms with E-state index in [0.29, 0.717) is 10.6 Å². The van der Waals surface area contributed by atoms with Crippen molar-refractivity contribution in [3.8, 4) is 23.3 Å². The lowest BCUT2D eigenvalue weighted by atomic mass is 9.96. The summed E-state index contributed by atoms with van der Waals surface area (Å²) >= 11 is 6.41. The first kappa shape index (κ1) is 15.9. The first-order valence-electron chi connectivity index (χ1n) is 7.47. The van der Waals surface area contributed by atoms with Crippen LogP contribution in [-0.2, 0) is 0 Å². The molecule has 1 aliphatic rings. The van der Waals surface area contributed by atoms with Crippen LogP contribution < -0.4 is 16.2 Å². The molecule has 0 aliphatic carbocycles. The molecule has 120 valence electrons. The van der Waals surface area contributed by atoms with Crippen LogP contribution in [0.4, 0.5) is 11.5 Å². The number of pyridine rings is 1. The highest BCUT2D eigenvalue weighted by Gasteiger charge is 2.21. The summed E-state index contributed by atoms with van der Waals surface area (Å²) in [4.78, 5) is 16.5. The number of halogens is 1. The number of nitrogens with zero attached hydrogens (tertiary/aromatic N) is 3. The number of nitrogens with two attached hydrogens (primary N) is 1. The van der Waals surface area contributed by atoms with Crippen molar-refractivity contribution in [1.82, 2.24) is 4.98 Å². The van der Waals surface area contributed by atoms with Crippen molar-refractivity contribution in [3.05, 3.63) is 44.7 Å². The van der Waals surface area contributed by atoms with Crippen LogP contribution in [0.15, 0.2) is 23.0 Å². The van der Waals surface area contributed by atoms with E-state index in [0.717, 1.165) is 31.6 Å². The van der Waals surface area contributed by atoms with Gasteiger partial charge in [-0.3, -0.25) is 4.79 Å². The summed E-state index contributed by atoms with van der Waals surface area (Å²) in [5.41, 5.74) is 6.58. The summed E-state index contributed by atoms with van der Waals surface area (Å²) < 4.78 is 0. The van der Waals surface area contributed by atoms with Crippen LogP contribution in [0.25, 0.3) is 11.1 Å². The van der Waals surface area contributed by atoms with Gasteiger partial charge in [-0.1, -0.05) is 17.7 Å². The largest absolute Gasteiger partial charge is 0.384 e. The van der Waals surface area contributed by atoms with Crippen molar-refractivity contribution in [3.63, 3.8) is 0 Å². The Balaban J connectivity index is 2.21. The van der Waals surface area contributed by atoms with Gasteiger partial charge >= 0.3 is 0 Å². The zero-order valence-corrected chi connectivity index (χ0v) is 13.5. The van der Waals surface area contributed by atoms with Crippen molar-refractivity contribution in [2.45, 2.75) is 12.8 Å². The molecule has 0 saturated carbocycles. The van der Waals surface area contributed by atoms with E-state index in [1.54, 1.807) is 12.1 Å². The summed E-state index contributed by atoms with van der Waals surface area (Å²) in [5, 5.41) is 19.1. The van der Waals surface area contributed by atoms with E-state index in [2.05, 4.69) is 9.88 Å². The molecule has 2 heterocycles. The molecule has 0 unspecified atom stereocenters. The fourth-order valence-corrected chi connectivity index (χ4v) is 3.26. The minimum atomic E-state index is -0.635. The Morgan fingerprint density at radius 1 is 1.17 bits per heavy atom. The van der Waals surface area contributed by atoms with E-state index >= 15 is 0 Å². The molecule has 0 radical (unpaired) electrons. The third kappa shape index (κ3) is 2.58. The Bertz CT molecular complexity index is 945. The monoisotopic (exact) mass is 339 g/mol. The smallest absolute Gasteiger partial charge is 0.268 e. The molecule has 0 spiro atoms. The minimum Gasteiger partial charge on any atom is -0.384 e. The quantitative estimate of drug-likeness (QED) is 0.873. The van der Waals surface area contributed by atoms with Crippen molar-refractivity contribution in [1.29, 1.82) is 10.5 Å². The molecule has 3 N–H and O–H groups in total. The van der Waals surface area contributed by atoms with Crippen LogP contribution in [0, 0.1) is 22.7 Å². The summed E-state index contributed by atoms with van der Waals surface area (Å²) in [6.07, 6.45) is 2.28. The molecule has 1 aliphatic heterocycles. The van der Waals surface area contributed by atoms with E-state index in [9.17, 15) is 15.3 Å². The highest BCUT2D eigenvalue weighted by atomic mass is 35.5. The zero-order valence-electron chi connectivity index (χ0n) is 12.8. The number of nitriles is 2. The molecule has 7 heteroatoms. The van der Waals surface area contributed by atoms with Gasteiger partial charge in [-0.05, 0) is 25.0 Å². The zero-order chi connectivity index (χ0) is 17.3. The molecule has 6 nitrogen and oxygen atoms in total. The number of hydrogen-bond acceptors (Lipinski definition) is 5. The van der Waals surface area contributed by atoms with Crippen LogP contribution >= 0.6 is 11.6 Å². The van der Waals surface area contributed by atoms with E-state index < -0.39 is 5.56 Å². The third-order valence-corrected chi connectivity index (χ3v) is 4.47. The molecule has 24 heavy (non-hydrogen) atoms. The lowest BCUT2D eigenvalue weighted by Crippen LogP contribution is -2.18. The maximum absolute atomic E-state index is 12.0. The van der Waals surface area contributed by atoms with Crippen LogP contribution in [0.1, 0.15) is 24.0 Å². The predicted molar refractivity (Wildman–Crippen MR) is 92.8 cm³/mol. The molecule has 1 saturated heterocycles. The van der Waals surface area contributed by atoms with Crippen molar-refractivity contribution < 1.29 is 0 Å². The molecule has 3 rings (SSSR count). The Hall–Kier alpha value is -2.96. The van der Waals surface area contributed by atoms with E-state index in [1.807, 2.05) is 18.2 Å². The molecule has 0 amide bonds. The second kappa shape index (κ2) is 6.27. The highest BCUT2D eigenvalue weighted by Crippen LogP contribution is 2.36. The molecule has 2 aromatic rings. The number of benzene rings is 1. The lowest BCUT2D eigenvalue weighted by Gasteiger charge is -2.19. The summed E-state index contributed by atoms with van der Waals surface area (Å²) in [6, 6.07) is 9.19. The number of anilines is 2. The van der Waals surface area contributed by atoms with Crippen LogP contribution in [0.2, 0.25) is 5.02 Å². The number of aromatic nitrogens is 1. The van der Waals surface area contributed by atoms with Gasteiger partial charge in [0, 0.05) is 29.9 Å². The lowest BCUT2D eigenvalue weighted by molar-refractivity contribution is 0.949. The van der Waals surface area contributed by atoms with Gasteiger partial charge in [-0.2, -0.15) is 10.5 Å². The first-order valence-corrected chi connectivity index (χ1v) is 7.85. The first-order chi connectivity index (χ1) is 11.6. The molecule has 1 aromatic heterocycles. The molecule has 1 aromatic carbocycles. The second-order valence-electron chi connectivity index (χ2n) is 5.57. The minimum absolute atomic E-state index is 0.0435. The van der Waals surface area contributed by atoms with Gasteiger partial charge in [0.25, 0.3) is 5.56 Å². The second-order valence-corrected chi connectivity index (χ2v) is 5.98. The van der Waals surface area contributed by atoms with Crippen molar-refractivity contribution in [2.75, 3.05) is 23.7 Å². The SMILES string of the molecule is N#Cc1c(N)[nH]c(=O)c(C#N)c1-c1ccc(N2CCCC2)cc1Cl. The number of H-pyrrole nitrogens is 1. The fraction of sp³-hybridized carbons (Fsp3) is 0.235. The van der Waals surface area contributed by atoms with E-state index in [4.69, 9.17) is 17.3 Å². The molecule has 1 fully saturated rings. The average Bonchev–Trinajstić information content (AvgIpc) is 3.09. The van der Waals surface area contributed by atoms with Gasteiger partial charge in [0.15, 0.2) is 0 Å². The standard InChI is InChI=1S/C17H14ClN5O/c18-14-7-10(23-5-1-2-6-23)3-4-11(14)15-12(8-19)16(21)22-17(24)13(15)9-20/h3-4,7H,1-2,5-6H2,(H3,21,22,24). The Morgan fingerprint density at radius 2 is 1.83 bits per heavy atom. The number of nitrogen functional groups attached to an aromatic ring is 1. The number of nitrogens with one attached hydrogen (secondary N) is 1.